The van der Waals surface area contributed by atoms with Crippen LogP contribution >= 0.6 is 23.6 Å². The van der Waals surface area contributed by atoms with E-state index < -0.39 is 0 Å². The van der Waals surface area contributed by atoms with Crippen LogP contribution in [0.15, 0.2) is 40.8 Å². The van der Waals surface area contributed by atoms with Crippen LogP contribution in [0.2, 0.25) is 0 Å². The molecule has 4 aromatic rings. The fourth-order valence-corrected chi connectivity index (χ4v) is 3.35. The molecular weight excluding hydrogens is 250 g/mol. The summed E-state index contributed by atoms with van der Waals surface area (Å²) in [4.78, 5) is 3.25. The van der Waals surface area contributed by atoms with Gasteiger partial charge >= 0.3 is 0 Å². The molecule has 82 valence electrons. The van der Waals surface area contributed by atoms with Crippen LogP contribution in [0.1, 0.15) is 0 Å². The highest BCUT2D eigenvalue weighted by Crippen LogP contribution is 2.35. The summed E-state index contributed by atoms with van der Waals surface area (Å²) in [7, 11) is 0. The number of nitrogens with one attached hydrogen (secondary N) is 1. The van der Waals surface area contributed by atoms with Crippen LogP contribution in [0.4, 0.5) is 0 Å². The molecule has 0 radical (unpaired) electrons. The van der Waals surface area contributed by atoms with E-state index in [1.165, 1.54) is 4.70 Å². The fraction of sp³-hybridized carbons (Fsp3) is 0. The number of thiazole rings is 1. The SMILES string of the molecule is S=c1[nH]c2c(ccc3oc4ccccc4c32)s1. The first-order chi connectivity index (χ1) is 8.33. The molecule has 4 rings (SSSR count). The molecule has 2 nitrogen and oxygen atoms in total. The maximum absolute atomic E-state index is 5.82. The molecular formula is C13H7NOS2. The van der Waals surface area contributed by atoms with Crippen LogP contribution in [0.3, 0.4) is 0 Å². The quantitative estimate of drug-likeness (QED) is 0.456. The van der Waals surface area contributed by atoms with Crippen LogP contribution in [-0.2, 0) is 0 Å². The van der Waals surface area contributed by atoms with Crippen molar-refractivity contribution in [3.8, 4) is 0 Å². The van der Waals surface area contributed by atoms with E-state index in [1.54, 1.807) is 11.3 Å². The minimum Gasteiger partial charge on any atom is -0.456 e. The topological polar surface area (TPSA) is 28.9 Å². The molecule has 0 aliphatic rings. The second kappa shape index (κ2) is 3.18. The van der Waals surface area contributed by atoms with Gasteiger partial charge < -0.3 is 9.40 Å². The Hall–Kier alpha value is -1.65. The zero-order valence-corrected chi connectivity index (χ0v) is 10.3. The van der Waals surface area contributed by atoms with Gasteiger partial charge in [-0.2, -0.15) is 0 Å². The second-order valence-electron chi connectivity index (χ2n) is 3.92. The molecule has 2 aromatic carbocycles. The molecule has 2 heterocycles. The largest absolute Gasteiger partial charge is 0.456 e. The Bertz CT molecular complexity index is 913. The van der Waals surface area contributed by atoms with Crippen molar-refractivity contribution in [2.75, 3.05) is 0 Å². The van der Waals surface area contributed by atoms with Crippen LogP contribution in [0.5, 0.6) is 0 Å². The summed E-state index contributed by atoms with van der Waals surface area (Å²) in [5.74, 6) is 0. The Balaban J connectivity index is 2.42. The molecule has 4 heteroatoms. The molecule has 0 saturated heterocycles. The molecule has 0 aliphatic carbocycles. The number of rotatable bonds is 0. The average Bonchev–Trinajstić information content (AvgIpc) is 2.87. The molecule has 1 N–H and O–H groups in total. The normalized spacial score (nSPS) is 11.8. The number of hydrogen-bond acceptors (Lipinski definition) is 3. The minimum atomic E-state index is 0.804. The molecule has 0 amide bonds. The van der Waals surface area contributed by atoms with E-state index in [2.05, 4.69) is 17.1 Å². The Morgan fingerprint density at radius 1 is 1.06 bits per heavy atom. The molecule has 0 bridgehead atoms. The zero-order valence-electron chi connectivity index (χ0n) is 8.69. The highest BCUT2D eigenvalue weighted by Gasteiger charge is 2.11. The summed E-state index contributed by atoms with van der Waals surface area (Å²) in [6.07, 6.45) is 0. The van der Waals surface area contributed by atoms with Gasteiger partial charge in [-0.25, -0.2) is 0 Å². The first kappa shape index (κ1) is 9.39. The highest BCUT2D eigenvalue weighted by molar-refractivity contribution is 7.73. The Morgan fingerprint density at radius 3 is 2.88 bits per heavy atom. The number of para-hydroxylation sites is 1. The Morgan fingerprint density at radius 2 is 1.94 bits per heavy atom. The van der Waals surface area contributed by atoms with Crippen LogP contribution in [0, 0.1) is 3.95 Å². The molecule has 2 aromatic heterocycles. The maximum atomic E-state index is 5.82. The summed E-state index contributed by atoms with van der Waals surface area (Å²) in [6, 6.07) is 12.1. The van der Waals surface area contributed by atoms with Gasteiger partial charge in [0.2, 0.25) is 0 Å². The van der Waals surface area contributed by atoms with Crippen LogP contribution < -0.4 is 0 Å². The van der Waals surface area contributed by atoms with Gasteiger partial charge in [0.25, 0.3) is 0 Å². The van der Waals surface area contributed by atoms with Crippen molar-refractivity contribution in [2.45, 2.75) is 0 Å². The van der Waals surface area contributed by atoms with Crippen molar-refractivity contribution in [2.24, 2.45) is 0 Å². The standard InChI is InChI=1S/C13H7NOS2/c16-13-14-12-10(17-13)6-5-9-11(12)7-3-1-2-4-8(7)15-9/h1-6H,(H,14,16). The van der Waals surface area contributed by atoms with Gasteiger partial charge in [0.15, 0.2) is 3.95 Å². The summed E-state index contributed by atoms with van der Waals surface area (Å²) in [6.45, 7) is 0. The minimum absolute atomic E-state index is 0.804. The van der Waals surface area contributed by atoms with E-state index in [-0.39, 0.29) is 0 Å². The predicted molar refractivity (Wildman–Crippen MR) is 74.3 cm³/mol. The van der Waals surface area contributed by atoms with Crippen molar-refractivity contribution >= 4 is 55.7 Å². The van der Waals surface area contributed by atoms with Gasteiger partial charge in [-0.3, -0.25) is 0 Å². The number of fused-ring (bicyclic) bond motifs is 5. The molecule has 0 atom stereocenters. The maximum Gasteiger partial charge on any atom is 0.159 e. The van der Waals surface area contributed by atoms with E-state index in [0.29, 0.717) is 0 Å². The second-order valence-corrected chi connectivity index (χ2v) is 5.64. The first-order valence-corrected chi connectivity index (χ1v) is 6.48. The van der Waals surface area contributed by atoms with Crippen molar-refractivity contribution in [1.29, 1.82) is 0 Å². The number of benzene rings is 2. The number of aromatic amines is 1. The Kier molecular flexibility index (Phi) is 1.76. The van der Waals surface area contributed by atoms with E-state index in [1.807, 2.05) is 24.3 Å². The first-order valence-electron chi connectivity index (χ1n) is 5.26. The molecule has 0 saturated carbocycles. The number of H-pyrrole nitrogens is 1. The van der Waals surface area contributed by atoms with Crippen molar-refractivity contribution in [1.82, 2.24) is 4.98 Å². The number of hydrogen-bond donors (Lipinski definition) is 1. The van der Waals surface area contributed by atoms with Gasteiger partial charge in [0.05, 0.1) is 15.6 Å². The van der Waals surface area contributed by atoms with Gasteiger partial charge in [0.1, 0.15) is 11.2 Å². The van der Waals surface area contributed by atoms with E-state index >= 15 is 0 Å². The lowest BCUT2D eigenvalue weighted by Crippen LogP contribution is -1.70. The number of furan rings is 1. The van der Waals surface area contributed by atoms with Gasteiger partial charge in [-0.1, -0.05) is 18.2 Å². The summed E-state index contributed by atoms with van der Waals surface area (Å²) in [5.41, 5.74) is 2.91. The smallest absolute Gasteiger partial charge is 0.159 e. The summed E-state index contributed by atoms with van der Waals surface area (Å²) in [5, 5.41) is 2.27. The van der Waals surface area contributed by atoms with Crippen molar-refractivity contribution in [3.05, 3.63) is 40.4 Å². The van der Waals surface area contributed by atoms with Crippen molar-refractivity contribution < 1.29 is 4.42 Å². The Labute approximate surface area is 105 Å². The summed E-state index contributed by atoms with van der Waals surface area (Å²) < 4.78 is 7.80. The highest BCUT2D eigenvalue weighted by atomic mass is 32.1. The lowest BCUT2D eigenvalue weighted by atomic mass is 10.1. The third kappa shape index (κ3) is 1.22. The zero-order chi connectivity index (χ0) is 11.4. The molecule has 17 heavy (non-hydrogen) atoms. The molecule has 0 aliphatic heterocycles. The van der Waals surface area contributed by atoms with E-state index in [9.17, 15) is 0 Å². The number of aromatic nitrogens is 1. The van der Waals surface area contributed by atoms with E-state index in [4.69, 9.17) is 16.6 Å². The predicted octanol–water partition coefficient (Wildman–Crippen LogP) is 4.86. The third-order valence-corrected chi connectivity index (χ3v) is 4.13. The van der Waals surface area contributed by atoms with Crippen LogP contribution in [0.25, 0.3) is 32.2 Å². The van der Waals surface area contributed by atoms with Gasteiger partial charge in [-0.15, -0.1) is 11.3 Å². The van der Waals surface area contributed by atoms with Gasteiger partial charge in [0, 0.05) is 5.39 Å². The molecule has 0 spiro atoms. The fourth-order valence-electron chi connectivity index (χ4n) is 2.23. The van der Waals surface area contributed by atoms with Gasteiger partial charge in [-0.05, 0) is 30.4 Å². The lowest BCUT2D eigenvalue weighted by Gasteiger charge is -1.91. The molecule has 0 fully saturated rings. The van der Waals surface area contributed by atoms with Crippen molar-refractivity contribution in [3.63, 3.8) is 0 Å². The average molecular weight is 257 g/mol. The van der Waals surface area contributed by atoms with Crippen LogP contribution in [-0.4, -0.2) is 4.98 Å². The summed E-state index contributed by atoms with van der Waals surface area (Å²) >= 11 is 6.80. The lowest BCUT2D eigenvalue weighted by molar-refractivity contribution is 0.669. The van der Waals surface area contributed by atoms with E-state index in [0.717, 1.165) is 31.4 Å². The molecule has 0 unspecified atom stereocenters. The third-order valence-electron chi connectivity index (χ3n) is 2.93. The monoisotopic (exact) mass is 257 g/mol.